The van der Waals surface area contributed by atoms with Crippen molar-refractivity contribution >= 4 is 17.4 Å². The van der Waals surface area contributed by atoms with E-state index in [2.05, 4.69) is 6.58 Å². The third-order valence-electron chi connectivity index (χ3n) is 2.44. The number of carbonyl (C=O) groups is 1. The molecule has 1 aromatic carbocycles. The van der Waals surface area contributed by atoms with Gasteiger partial charge in [0.15, 0.2) is 5.78 Å². The molecule has 0 aliphatic carbocycles. The fourth-order valence-corrected chi connectivity index (χ4v) is 1.71. The van der Waals surface area contributed by atoms with E-state index in [0.29, 0.717) is 17.2 Å². The zero-order chi connectivity index (χ0) is 12.8. The van der Waals surface area contributed by atoms with Crippen LogP contribution in [0.2, 0.25) is 5.02 Å². The number of Topliss-reactive ketones (excluding diaryl/α,β-unsaturated/α-hetero) is 1. The van der Waals surface area contributed by atoms with E-state index in [4.69, 9.17) is 22.1 Å². The summed E-state index contributed by atoms with van der Waals surface area (Å²) in [6, 6.07) is 4.66. The third kappa shape index (κ3) is 3.88. The Morgan fingerprint density at radius 1 is 1.65 bits per heavy atom. The van der Waals surface area contributed by atoms with Crippen LogP contribution in [-0.2, 0) is 11.2 Å². The maximum atomic E-state index is 11.8. The van der Waals surface area contributed by atoms with Gasteiger partial charge in [0.1, 0.15) is 5.75 Å². The van der Waals surface area contributed by atoms with E-state index >= 15 is 0 Å². The van der Waals surface area contributed by atoms with E-state index in [9.17, 15) is 4.79 Å². The molecule has 0 saturated carbocycles. The predicted octanol–water partition coefficient (Wildman–Crippen LogP) is 2.36. The Labute approximate surface area is 106 Å². The quantitative estimate of drug-likeness (QED) is 0.792. The lowest BCUT2D eigenvalue weighted by Gasteiger charge is -2.11. The second-order valence-corrected chi connectivity index (χ2v) is 4.17. The van der Waals surface area contributed by atoms with Crippen LogP contribution in [0.15, 0.2) is 30.9 Å². The summed E-state index contributed by atoms with van der Waals surface area (Å²) < 4.78 is 5.17. The van der Waals surface area contributed by atoms with Gasteiger partial charge in [-0.15, -0.1) is 6.58 Å². The van der Waals surface area contributed by atoms with Crippen molar-refractivity contribution < 1.29 is 9.53 Å². The Hall–Kier alpha value is -1.32. The Morgan fingerprint density at radius 3 is 2.94 bits per heavy atom. The highest BCUT2D eigenvalue weighted by Crippen LogP contribution is 2.23. The zero-order valence-electron chi connectivity index (χ0n) is 9.78. The highest BCUT2D eigenvalue weighted by Gasteiger charge is 2.15. The van der Waals surface area contributed by atoms with Crippen molar-refractivity contribution in [1.29, 1.82) is 0 Å². The van der Waals surface area contributed by atoms with Gasteiger partial charge in [0, 0.05) is 17.0 Å². The smallest absolute Gasteiger partial charge is 0.154 e. The van der Waals surface area contributed by atoms with Crippen LogP contribution in [0, 0.1) is 0 Å². The van der Waals surface area contributed by atoms with Gasteiger partial charge in [0.25, 0.3) is 0 Å². The van der Waals surface area contributed by atoms with Crippen molar-refractivity contribution in [3.05, 3.63) is 41.4 Å². The molecular formula is C13H16ClNO2. The molecule has 3 nitrogen and oxygen atoms in total. The molecule has 1 aromatic rings. The van der Waals surface area contributed by atoms with Crippen molar-refractivity contribution in [2.24, 2.45) is 5.73 Å². The summed E-state index contributed by atoms with van der Waals surface area (Å²) in [5.74, 6) is 0.596. The van der Waals surface area contributed by atoms with Crippen LogP contribution in [0.25, 0.3) is 0 Å². The highest BCUT2D eigenvalue weighted by atomic mass is 35.5. The molecule has 1 atom stereocenters. The first-order valence-electron chi connectivity index (χ1n) is 5.30. The number of ether oxygens (including phenoxy) is 1. The second kappa shape index (κ2) is 6.42. The molecule has 1 rings (SSSR count). The number of hydrogen-bond acceptors (Lipinski definition) is 3. The maximum Gasteiger partial charge on any atom is 0.154 e. The van der Waals surface area contributed by atoms with Gasteiger partial charge in [-0.3, -0.25) is 4.79 Å². The molecule has 0 radical (unpaired) electrons. The van der Waals surface area contributed by atoms with Gasteiger partial charge in [-0.05, 0) is 24.6 Å². The number of rotatable bonds is 6. The summed E-state index contributed by atoms with van der Waals surface area (Å²) in [5.41, 5.74) is 6.46. The van der Waals surface area contributed by atoms with Crippen LogP contribution >= 0.6 is 11.6 Å². The van der Waals surface area contributed by atoms with Crippen molar-refractivity contribution in [3.8, 4) is 5.75 Å². The van der Waals surface area contributed by atoms with Gasteiger partial charge in [0.2, 0.25) is 0 Å². The number of methoxy groups -OCH3 is 1. The van der Waals surface area contributed by atoms with Crippen molar-refractivity contribution in [1.82, 2.24) is 0 Å². The molecule has 4 heteroatoms. The summed E-state index contributed by atoms with van der Waals surface area (Å²) in [6.45, 7) is 3.56. The van der Waals surface area contributed by atoms with Crippen LogP contribution in [0.5, 0.6) is 5.75 Å². The van der Waals surface area contributed by atoms with Crippen LogP contribution in [0.4, 0.5) is 0 Å². The maximum absolute atomic E-state index is 11.8. The first kappa shape index (κ1) is 13.7. The molecule has 0 bridgehead atoms. The Balaban J connectivity index is 2.83. The summed E-state index contributed by atoms with van der Waals surface area (Å²) in [6.07, 6.45) is 2.33. The second-order valence-electron chi connectivity index (χ2n) is 3.73. The summed E-state index contributed by atoms with van der Waals surface area (Å²) in [4.78, 5) is 11.8. The van der Waals surface area contributed by atoms with E-state index < -0.39 is 6.04 Å². The number of nitrogens with two attached hydrogens (primary N) is 1. The van der Waals surface area contributed by atoms with Gasteiger partial charge in [-0.1, -0.05) is 17.7 Å². The van der Waals surface area contributed by atoms with Gasteiger partial charge in [-0.25, -0.2) is 0 Å². The lowest BCUT2D eigenvalue weighted by Crippen LogP contribution is -2.31. The Morgan fingerprint density at radius 2 is 2.35 bits per heavy atom. The Kier molecular flexibility index (Phi) is 5.19. The van der Waals surface area contributed by atoms with E-state index in [1.54, 1.807) is 31.4 Å². The van der Waals surface area contributed by atoms with Crippen LogP contribution in [-0.4, -0.2) is 18.9 Å². The average Bonchev–Trinajstić information content (AvgIpc) is 2.29. The lowest BCUT2D eigenvalue weighted by atomic mass is 10.0. The molecule has 0 spiro atoms. The van der Waals surface area contributed by atoms with Crippen LogP contribution in [0.3, 0.4) is 0 Å². The van der Waals surface area contributed by atoms with E-state index in [-0.39, 0.29) is 12.2 Å². The minimum Gasteiger partial charge on any atom is -0.496 e. The van der Waals surface area contributed by atoms with E-state index in [1.807, 2.05) is 0 Å². The summed E-state index contributed by atoms with van der Waals surface area (Å²) in [7, 11) is 1.56. The third-order valence-corrected chi connectivity index (χ3v) is 2.68. The predicted molar refractivity (Wildman–Crippen MR) is 69.5 cm³/mol. The lowest BCUT2D eigenvalue weighted by molar-refractivity contribution is -0.119. The molecule has 92 valence electrons. The number of carbonyl (C=O) groups excluding carboxylic acids is 1. The largest absolute Gasteiger partial charge is 0.496 e. The molecule has 0 heterocycles. The molecule has 0 amide bonds. The molecule has 0 saturated heterocycles. The minimum absolute atomic E-state index is 0.0505. The van der Waals surface area contributed by atoms with Gasteiger partial charge < -0.3 is 10.5 Å². The molecular weight excluding hydrogens is 238 g/mol. The van der Waals surface area contributed by atoms with Gasteiger partial charge in [0.05, 0.1) is 13.2 Å². The van der Waals surface area contributed by atoms with E-state index in [1.165, 1.54) is 0 Å². The van der Waals surface area contributed by atoms with E-state index in [0.717, 1.165) is 5.56 Å². The van der Waals surface area contributed by atoms with Crippen molar-refractivity contribution in [2.45, 2.75) is 18.9 Å². The fraction of sp³-hybridized carbons (Fsp3) is 0.308. The molecule has 0 aliphatic heterocycles. The SMILES string of the molecule is C=CCC(N)C(=O)Cc1cc(Cl)ccc1OC. The standard InChI is InChI=1S/C13H16ClNO2/c1-3-4-11(15)12(16)8-9-7-10(14)5-6-13(9)17-2/h3,5-7,11H,1,4,8,15H2,2H3. The van der Waals surface area contributed by atoms with Crippen molar-refractivity contribution in [3.63, 3.8) is 0 Å². The fourth-order valence-electron chi connectivity index (χ4n) is 1.52. The monoisotopic (exact) mass is 253 g/mol. The minimum atomic E-state index is -0.517. The number of hydrogen-bond donors (Lipinski definition) is 1. The first-order chi connectivity index (χ1) is 8.08. The Bertz CT molecular complexity index is 418. The highest BCUT2D eigenvalue weighted by molar-refractivity contribution is 6.30. The topological polar surface area (TPSA) is 52.3 Å². The van der Waals surface area contributed by atoms with Crippen LogP contribution in [0.1, 0.15) is 12.0 Å². The number of ketones is 1. The molecule has 2 N–H and O–H groups in total. The molecule has 1 unspecified atom stereocenters. The molecule has 0 fully saturated rings. The van der Waals surface area contributed by atoms with Crippen molar-refractivity contribution in [2.75, 3.05) is 7.11 Å². The molecule has 0 aromatic heterocycles. The number of halogens is 1. The zero-order valence-corrected chi connectivity index (χ0v) is 10.5. The van der Waals surface area contributed by atoms with Gasteiger partial charge >= 0.3 is 0 Å². The normalized spacial score (nSPS) is 11.9. The summed E-state index contributed by atoms with van der Waals surface area (Å²) in [5, 5.41) is 0.575. The van der Waals surface area contributed by atoms with Gasteiger partial charge in [-0.2, -0.15) is 0 Å². The van der Waals surface area contributed by atoms with Crippen LogP contribution < -0.4 is 10.5 Å². The summed E-state index contributed by atoms with van der Waals surface area (Å²) >= 11 is 5.88. The molecule has 0 aliphatic rings. The average molecular weight is 254 g/mol. The first-order valence-corrected chi connectivity index (χ1v) is 5.68. The number of benzene rings is 1. The molecule has 17 heavy (non-hydrogen) atoms.